The maximum Gasteiger partial charge on any atom is 0.407 e. The lowest BCUT2D eigenvalue weighted by atomic mass is 9.97. The van der Waals surface area contributed by atoms with Crippen molar-refractivity contribution >= 4 is 17.7 Å². The lowest BCUT2D eigenvalue weighted by Crippen LogP contribution is -2.54. The van der Waals surface area contributed by atoms with Gasteiger partial charge in [-0.3, -0.25) is 0 Å². The van der Waals surface area contributed by atoms with E-state index in [1.807, 2.05) is 20.8 Å². The van der Waals surface area contributed by atoms with Crippen molar-refractivity contribution < 1.29 is 9.90 Å². The molecular formula is C12H23ClN2O2. The van der Waals surface area contributed by atoms with Crippen LogP contribution >= 0.6 is 11.6 Å². The van der Waals surface area contributed by atoms with E-state index in [4.69, 9.17) is 11.6 Å². The largest absolute Gasteiger partial charge is 0.465 e. The highest BCUT2D eigenvalue weighted by molar-refractivity contribution is 6.18. The lowest BCUT2D eigenvalue weighted by Gasteiger charge is -2.43. The van der Waals surface area contributed by atoms with Gasteiger partial charge in [-0.25, -0.2) is 4.79 Å². The van der Waals surface area contributed by atoms with Gasteiger partial charge in [-0.05, 0) is 33.6 Å². The molecule has 1 fully saturated rings. The van der Waals surface area contributed by atoms with Crippen LogP contribution in [0, 0.1) is 0 Å². The Morgan fingerprint density at radius 3 is 2.29 bits per heavy atom. The van der Waals surface area contributed by atoms with Crippen LogP contribution in [0.2, 0.25) is 0 Å². The second-order valence-corrected chi connectivity index (χ2v) is 5.96. The van der Waals surface area contributed by atoms with E-state index in [2.05, 4.69) is 4.90 Å². The maximum atomic E-state index is 11.3. The summed E-state index contributed by atoms with van der Waals surface area (Å²) in [6.07, 6.45) is 0.995. The Balaban J connectivity index is 2.59. The van der Waals surface area contributed by atoms with Gasteiger partial charge in [0.15, 0.2) is 0 Å². The monoisotopic (exact) mass is 262 g/mol. The van der Waals surface area contributed by atoms with Crippen LogP contribution in [0.1, 0.15) is 33.6 Å². The Labute approximate surface area is 109 Å². The highest BCUT2D eigenvalue weighted by atomic mass is 35.5. The zero-order valence-corrected chi connectivity index (χ0v) is 11.7. The molecule has 0 saturated carbocycles. The molecule has 1 saturated heterocycles. The van der Waals surface area contributed by atoms with Gasteiger partial charge in [0.2, 0.25) is 0 Å². The van der Waals surface area contributed by atoms with E-state index in [1.54, 1.807) is 4.90 Å². The minimum atomic E-state index is -0.812. The van der Waals surface area contributed by atoms with Gasteiger partial charge in [0.05, 0.1) is 0 Å². The average molecular weight is 263 g/mol. The normalized spacial score (nSPS) is 19.3. The molecule has 0 unspecified atom stereocenters. The van der Waals surface area contributed by atoms with Gasteiger partial charge in [0.1, 0.15) is 0 Å². The van der Waals surface area contributed by atoms with E-state index in [1.165, 1.54) is 0 Å². The van der Waals surface area contributed by atoms with E-state index in [0.29, 0.717) is 5.88 Å². The molecule has 0 radical (unpaired) electrons. The van der Waals surface area contributed by atoms with Gasteiger partial charge in [0.25, 0.3) is 0 Å². The van der Waals surface area contributed by atoms with Crippen LogP contribution in [-0.2, 0) is 0 Å². The van der Waals surface area contributed by atoms with E-state index in [-0.39, 0.29) is 11.6 Å². The second-order valence-electron chi connectivity index (χ2n) is 5.59. The Kier molecular flexibility index (Phi) is 5.07. The molecule has 100 valence electrons. The first-order valence-electron chi connectivity index (χ1n) is 6.17. The van der Waals surface area contributed by atoms with E-state index < -0.39 is 6.09 Å². The molecule has 1 heterocycles. The summed E-state index contributed by atoms with van der Waals surface area (Å²) >= 11 is 5.71. The molecule has 0 bridgehead atoms. The zero-order chi connectivity index (χ0) is 13.1. The number of hydrogen-bond acceptors (Lipinski definition) is 2. The van der Waals surface area contributed by atoms with Gasteiger partial charge in [-0.2, -0.15) is 0 Å². The minimum absolute atomic E-state index is 0.138. The molecule has 17 heavy (non-hydrogen) atoms. The van der Waals surface area contributed by atoms with Crippen molar-refractivity contribution in [3.8, 4) is 0 Å². The van der Waals surface area contributed by atoms with Crippen LogP contribution in [-0.4, -0.2) is 58.1 Å². The molecule has 0 aromatic rings. The van der Waals surface area contributed by atoms with Crippen molar-refractivity contribution in [2.45, 2.75) is 45.2 Å². The second kappa shape index (κ2) is 5.91. The number of piperidine rings is 1. The van der Waals surface area contributed by atoms with Crippen molar-refractivity contribution in [3.05, 3.63) is 0 Å². The topological polar surface area (TPSA) is 43.8 Å². The van der Waals surface area contributed by atoms with Crippen molar-refractivity contribution in [2.24, 2.45) is 0 Å². The Morgan fingerprint density at radius 1 is 1.41 bits per heavy atom. The zero-order valence-electron chi connectivity index (χ0n) is 10.9. The SMILES string of the molecule is CC(C)(C)N(C(=O)O)C1CCN(CCCl)CC1. The summed E-state index contributed by atoms with van der Waals surface area (Å²) < 4.78 is 0. The Morgan fingerprint density at radius 2 is 1.94 bits per heavy atom. The molecule has 1 rings (SSSR count). The molecule has 1 aliphatic heterocycles. The van der Waals surface area contributed by atoms with Gasteiger partial charge < -0.3 is 14.9 Å². The van der Waals surface area contributed by atoms with E-state index in [9.17, 15) is 9.90 Å². The summed E-state index contributed by atoms with van der Waals surface area (Å²) in [6.45, 7) is 8.64. The summed E-state index contributed by atoms with van der Waals surface area (Å²) in [7, 11) is 0. The van der Waals surface area contributed by atoms with Gasteiger partial charge in [-0.15, -0.1) is 11.6 Å². The number of carbonyl (C=O) groups is 1. The fourth-order valence-electron chi connectivity index (χ4n) is 2.51. The van der Waals surface area contributed by atoms with Crippen molar-refractivity contribution in [2.75, 3.05) is 25.5 Å². The molecule has 4 nitrogen and oxygen atoms in total. The van der Waals surface area contributed by atoms with Crippen LogP contribution < -0.4 is 0 Å². The summed E-state index contributed by atoms with van der Waals surface area (Å²) in [5.41, 5.74) is -0.328. The third-order valence-electron chi connectivity index (χ3n) is 3.25. The van der Waals surface area contributed by atoms with Crippen LogP contribution in [0.4, 0.5) is 4.79 Å². The lowest BCUT2D eigenvalue weighted by molar-refractivity contribution is 0.0432. The number of halogens is 1. The first kappa shape index (κ1) is 14.6. The average Bonchev–Trinajstić information content (AvgIpc) is 2.18. The number of alkyl halides is 1. The Hall–Kier alpha value is -0.480. The van der Waals surface area contributed by atoms with Gasteiger partial charge in [-0.1, -0.05) is 0 Å². The first-order chi connectivity index (χ1) is 7.86. The molecule has 0 spiro atoms. The fourth-order valence-corrected chi connectivity index (χ4v) is 2.75. The number of carboxylic acid groups (broad SMARTS) is 1. The number of amides is 1. The minimum Gasteiger partial charge on any atom is -0.465 e. The first-order valence-corrected chi connectivity index (χ1v) is 6.70. The predicted octanol–water partition coefficient (Wildman–Crippen LogP) is 2.47. The molecule has 0 aromatic carbocycles. The van der Waals surface area contributed by atoms with Crippen LogP contribution in [0.25, 0.3) is 0 Å². The molecule has 0 aliphatic carbocycles. The molecule has 0 aromatic heterocycles. The molecule has 1 amide bonds. The summed E-state index contributed by atoms with van der Waals surface area (Å²) in [4.78, 5) is 15.2. The van der Waals surface area contributed by atoms with Gasteiger partial charge in [0, 0.05) is 37.1 Å². The van der Waals surface area contributed by atoms with Crippen LogP contribution in [0.3, 0.4) is 0 Å². The smallest absolute Gasteiger partial charge is 0.407 e. The van der Waals surface area contributed by atoms with Crippen LogP contribution in [0.5, 0.6) is 0 Å². The summed E-state index contributed by atoms with van der Waals surface area (Å²) in [5, 5.41) is 9.32. The quantitative estimate of drug-likeness (QED) is 0.795. The summed E-state index contributed by atoms with van der Waals surface area (Å²) in [6, 6.07) is 0.138. The van der Waals surface area contributed by atoms with E-state index in [0.717, 1.165) is 32.5 Å². The van der Waals surface area contributed by atoms with Crippen molar-refractivity contribution in [3.63, 3.8) is 0 Å². The number of likely N-dealkylation sites (tertiary alicyclic amines) is 1. The van der Waals surface area contributed by atoms with Gasteiger partial charge >= 0.3 is 6.09 Å². The molecule has 1 N–H and O–H groups in total. The molecule has 0 atom stereocenters. The molecule has 5 heteroatoms. The summed E-state index contributed by atoms with van der Waals surface area (Å²) in [5.74, 6) is 0.645. The number of nitrogens with zero attached hydrogens (tertiary/aromatic N) is 2. The predicted molar refractivity (Wildman–Crippen MR) is 69.8 cm³/mol. The Bertz CT molecular complexity index is 258. The molecule has 1 aliphatic rings. The highest BCUT2D eigenvalue weighted by Gasteiger charge is 2.34. The van der Waals surface area contributed by atoms with E-state index >= 15 is 0 Å². The number of rotatable bonds is 3. The third-order valence-corrected chi connectivity index (χ3v) is 3.42. The number of hydrogen-bond donors (Lipinski definition) is 1. The highest BCUT2D eigenvalue weighted by Crippen LogP contribution is 2.24. The third kappa shape index (κ3) is 4.03. The van der Waals surface area contributed by atoms with Crippen molar-refractivity contribution in [1.82, 2.24) is 9.80 Å². The fraction of sp³-hybridized carbons (Fsp3) is 0.917. The van der Waals surface area contributed by atoms with Crippen LogP contribution in [0.15, 0.2) is 0 Å². The molecular weight excluding hydrogens is 240 g/mol. The maximum absolute atomic E-state index is 11.3. The standard InChI is InChI=1S/C12H23ClN2O2/c1-12(2,3)15(11(16)17)10-4-7-14(8-5-10)9-6-13/h10H,4-9H2,1-3H3,(H,16,17). The van der Waals surface area contributed by atoms with Crippen molar-refractivity contribution in [1.29, 1.82) is 0 Å².